The first-order valence-electron chi connectivity index (χ1n) is 14.0. The molecular formula is C30H29F3N8O2. The van der Waals surface area contributed by atoms with Crippen LogP contribution in [0, 0.1) is 6.57 Å². The molecular weight excluding hydrogens is 561 g/mol. The average Bonchev–Trinajstić information content (AvgIpc) is 3.75. The van der Waals surface area contributed by atoms with Gasteiger partial charge in [-0.3, -0.25) is 4.98 Å². The van der Waals surface area contributed by atoms with E-state index in [1.54, 1.807) is 32.2 Å². The third-order valence-corrected chi connectivity index (χ3v) is 7.56. The van der Waals surface area contributed by atoms with Gasteiger partial charge in [0.15, 0.2) is 11.5 Å². The number of alkyl halides is 3. The fourth-order valence-electron chi connectivity index (χ4n) is 5.26. The summed E-state index contributed by atoms with van der Waals surface area (Å²) in [6.45, 7) is 12.9. The normalized spacial score (nSPS) is 14.8. The van der Waals surface area contributed by atoms with Crippen molar-refractivity contribution in [2.45, 2.75) is 64.4 Å². The number of methoxy groups -OCH3 is 1. The molecule has 1 aliphatic carbocycles. The monoisotopic (exact) mass is 590 g/mol. The summed E-state index contributed by atoms with van der Waals surface area (Å²) in [6.07, 6.45) is 2.11. The van der Waals surface area contributed by atoms with Crippen molar-refractivity contribution in [1.29, 1.82) is 0 Å². The number of halogens is 3. The number of imidazole rings is 1. The van der Waals surface area contributed by atoms with E-state index >= 15 is 0 Å². The number of nitrogens with zero attached hydrogens (tertiary/aromatic N) is 7. The molecule has 1 aliphatic heterocycles. The fraction of sp³-hybridized carbons (Fsp3) is 0.400. The highest BCUT2D eigenvalue weighted by Gasteiger charge is 2.36. The molecule has 0 saturated heterocycles. The highest BCUT2D eigenvalue weighted by molar-refractivity contribution is 5.84. The molecule has 0 bridgehead atoms. The zero-order chi connectivity index (χ0) is 30.3. The largest absolute Gasteiger partial charge is 0.480 e. The molecule has 10 nitrogen and oxygen atoms in total. The number of nitrogens with one attached hydrogen (secondary N) is 1. The lowest BCUT2D eigenvalue weighted by atomic mass is 9.96. The predicted octanol–water partition coefficient (Wildman–Crippen LogP) is 6.06. The minimum atomic E-state index is -4.55. The van der Waals surface area contributed by atoms with Gasteiger partial charge in [-0.25, -0.2) is 24.8 Å². The molecule has 0 atom stereocenters. The Labute approximate surface area is 246 Å². The molecule has 2 aliphatic rings. The molecule has 0 aromatic carbocycles. The van der Waals surface area contributed by atoms with Crippen molar-refractivity contribution in [3.63, 3.8) is 0 Å². The predicted molar refractivity (Wildman–Crippen MR) is 151 cm³/mol. The van der Waals surface area contributed by atoms with Crippen LogP contribution in [-0.4, -0.2) is 43.1 Å². The van der Waals surface area contributed by atoms with Gasteiger partial charge in [0.2, 0.25) is 17.4 Å². The molecule has 1 fully saturated rings. The molecule has 0 unspecified atom stereocenters. The summed E-state index contributed by atoms with van der Waals surface area (Å²) in [5.74, 6) is 1.15. The van der Waals surface area contributed by atoms with E-state index < -0.39 is 11.9 Å². The Kier molecular flexibility index (Phi) is 7.47. The van der Waals surface area contributed by atoms with Crippen LogP contribution in [0.15, 0.2) is 30.9 Å². The van der Waals surface area contributed by atoms with Gasteiger partial charge in [0.05, 0.1) is 30.6 Å². The van der Waals surface area contributed by atoms with Crippen molar-refractivity contribution in [2.24, 2.45) is 0 Å². The fourth-order valence-corrected chi connectivity index (χ4v) is 5.26. The number of fused-ring (bicyclic) bond motifs is 1. The minimum absolute atomic E-state index is 0.105. The van der Waals surface area contributed by atoms with Gasteiger partial charge in [0.1, 0.15) is 18.6 Å². The van der Waals surface area contributed by atoms with Gasteiger partial charge in [-0.15, -0.1) is 0 Å². The highest BCUT2D eigenvalue weighted by Crippen LogP contribution is 2.49. The Bertz CT molecular complexity index is 1710. The van der Waals surface area contributed by atoms with Crippen molar-refractivity contribution >= 4 is 5.69 Å². The van der Waals surface area contributed by atoms with E-state index in [1.165, 1.54) is 18.0 Å². The van der Waals surface area contributed by atoms with Crippen LogP contribution in [0.25, 0.3) is 27.6 Å². The third-order valence-electron chi connectivity index (χ3n) is 7.56. The summed E-state index contributed by atoms with van der Waals surface area (Å²) >= 11 is 0. The summed E-state index contributed by atoms with van der Waals surface area (Å²) < 4.78 is 53.3. The van der Waals surface area contributed by atoms with Crippen LogP contribution >= 0.6 is 0 Å². The van der Waals surface area contributed by atoms with E-state index in [9.17, 15) is 13.2 Å². The van der Waals surface area contributed by atoms with Crippen LogP contribution in [0.1, 0.15) is 66.7 Å². The highest BCUT2D eigenvalue weighted by atomic mass is 19.4. The molecule has 43 heavy (non-hydrogen) atoms. The first-order valence-corrected chi connectivity index (χ1v) is 14.0. The lowest BCUT2D eigenvalue weighted by Gasteiger charge is -2.24. The number of pyridine rings is 2. The van der Waals surface area contributed by atoms with Crippen LogP contribution in [-0.2, 0) is 25.7 Å². The Morgan fingerprint density at radius 1 is 1.12 bits per heavy atom. The quantitative estimate of drug-likeness (QED) is 0.247. The summed E-state index contributed by atoms with van der Waals surface area (Å²) in [5, 5.41) is 3.33. The standard InChI is InChI=1S/C30H29F3N8O2/c1-16(2)41-13-22(30(31,32)33)39-27(41)21-8-5-17(11-36-21)14-43-28-20-12-35-10-9-19(20)25(34-3)26(40-28)23-24(18-6-7-18)37-15-38-29(23)42-4/h5,8,11,13,15-16,18,35H,6-7,9-10,12,14H2,1-2,4H3. The van der Waals surface area contributed by atoms with Gasteiger partial charge >= 0.3 is 6.18 Å². The Balaban J connectivity index is 1.34. The zero-order valence-corrected chi connectivity index (χ0v) is 23.9. The van der Waals surface area contributed by atoms with Gasteiger partial charge in [-0.05, 0) is 51.3 Å². The Morgan fingerprint density at radius 2 is 1.93 bits per heavy atom. The Morgan fingerprint density at radius 3 is 2.58 bits per heavy atom. The minimum Gasteiger partial charge on any atom is -0.480 e. The SMILES string of the molecule is [C-]#[N+]c1c(-c2c(OC)ncnc2C2CC2)nc(OCc2ccc(-c3nc(C(F)(F)F)cn3C(C)C)nc2)c2c1CCNC2. The van der Waals surface area contributed by atoms with Crippen LogP contribution in [0.4, 0.5) is 18.9 Å². The van der Waals surface area contributed by atoms with Crippen molar-refractivity contribution in [3.05, 3.63) is 70.3 Å². The lowest BCUT2D eigenvalue weighted by molar-refractivity contribution is -0.140. The molecule has 0 radical (unpaired) electrons. The number of hydrogen-bond acceptors (Lipinski definition) is 8. The Hall–Kier alpha value is -4.57. The molecule has 1 N–H and O–H groups in total. The molecule has 0 spiro atoms. The van der Waals surface area contributed by atoms with Crippen LogP contribution < -0.4 is 14.8 Å². The van der Waals surface area contributed by atoms with Crippen molar-refractivity contribution in [1.82, 2.24) is 34.8 Å². The first-order chi connectivity index (χ1) is 20.7. The molecule has 5 heterocycles. The van der Waals surface area contributed by atoms with E-state index in [1.807, 2.05) is 0 Å². The van der Waals surface area contributed by atoms with Crippen molar-refractivity contribution in [2.75, 3.05) is 13.7 Å². The summed E-state index contributed by atoms with van der Waals surface area (Å²) in [4.78, 5) is 25.8. The number of ether oxygens (including phenoxy) is 2. The average molecular weight is 591 g/mol. The summed E-state index contributed by atoms with van der Waals surface area (Å²) in [6, 6.07) is 3.13. The smallest absolute Gasteiger partial charge is 0.434 e. The number of hydrogen-bond donors (Lipinski definition) is 1. The second-order valence-electron chi connectivity index (χ2n) is 10.8. The number of rotatable bonds is 8. The van der Waals surface area contributed by atoms with Gasteiger partial charge in [-0.2, -0.15) is 13.2 Å². The van der Waals surface area contributed by atoms with Gasteiger partial charge in [0.25, 0.3) is 0 Å². The molecule has 6 rings (SSSR count). The van der Waals surface area contributed by atoms with Gasteiger partial charge in [0, 0.05) is 42.0 Å². The molecule has 4 aromatic heterocycles. The van der Waals surface area contributed by atoms with Crippen LogP contribution in [0.3, 0.4) is 0 Å². The number of aromatic nitrogens is 6. The summed E-state index contributed by atoms with van der Waals surface area (Å²) in [5.41, 5.74) is 4.06. The maximum absolute atomic E-state index is 13.3. The molecule has 4 aromatic rings. The second kappa shape index (κ2) is 11.3. The van der Waals surface area contributed by atoms with E-state index in [0.29, 0.717) is 59.5 Å². The molecule has 0 amide bonds. The van der Waals surface area contributed by atoms with Crippen LogP contribution in [0.2, 0.25) is 0 Å². The van der Waals surface area contributed by atoms with Crippen molar-refractivity contribution < 1.29 is 22.6 Å². The van der Waals surface area contributed by atoms with Gasteiger partial charge < -0.3 is 19.4 Å². The van der Waals surface area contributed by atoms with E-state index in [2.05, 4.69) is 30.1 Å². The van der Waals surface area contributed by atoms with Gasteiger partial charge in [-0.1, -0.05) is 6.07 Å². The summed E-state index contributed by atoms with van der Waals surface area (Å²) in [7, 11) is 1.54. The second-order valence-corrected chi connectivity index (χ2v) is 10.8. The van der Waals surface area contributed by atoms with E-state index in [-0.39, 0.29) is 24.4 Å². The van der Waals surface area contributed by atoms with E-state index in [4.69, 9.17) is 21.0 Å². The maximum Gasteiger partial charge on any atom is 0.434 e. The maximum atomic E-state index is 13.3. The van der Waals surface area contributed by atoms with Crippen LogP contribution in [0.5, 0.6) is 11.8 Å². The topological polar surface area (TPSA) is 104 Å². The van der Waals surface area contributed by atoms with E-state index in [0.717, 1.165) is 35.9 Å². The first kappa shape index (κ1) is 28.5. The van der Waals surface area contributed by atoms with Crippen molar-refractivity contribution in [3.8, 4) is 34.5 Å². The molecule has 1 saturated carbocycles. The lowest BCUT2D eigenvalue weighted by Crippen LogP contribution is -2.25. The molecule has 222 valence electrons. The third kappa shape index (κ3) is 5.50. The zero-order valence-electron chi connectivity index (χ0n) is 23.9. The molecule has 13 heteroatoms.